The van der Waals surface area contributed by atoms with Gasteiger partial charge in [0.05, 0.1) is 5.52 Å². The SMILES string of the molecule is CSCC(C)Nc1nc2ccccc2cc1C(=O)O. The van der Waals surface area contributed by atoms with Crippen molar-refractivity contribution >= 4 is 34.5 Å². The molecule has 1 heterocycles. The molecule has 1 aromatic heterocycles. The summed E-state index contributed by atoms with van der Waals surface area (Å²) in [6.07, 6.45) is 2.02. The maximum Gasteiger partial charge on any atom is 0.339 e. The second kappa shape index (κ2) is 5.93. The Labute approximate surface area is 116 Å². The van der Waals surface area contributed by atoms with Gasteiger partial charge in [-0.05, 0) is 25.3 Å². The lowest BCUT2D eigenvalue weighted by atomic mass is 10.1. The number of anilines is 1. The van der Waals surface area contributed by atoms with Gasteiger partial charge in [0.25, 0.3) is 0 Å². The van der Waals surface area contributed by atoms with E-state index >= 15 is 0 Å². The lowest BCUT2D eigenvalue weighted by Gasteiger charge is -2.15. The Morgan fingerprint density at radius 2 is 2.21 bits per heavy atom. The zero-order chi connectivity index (χ0) is 13.8. The van der Waals surface area contributed by atoms with E-state index in [2.05, 4.69) is 10.3 Å². The van der Waals surface area contributed by atoms with Crippen LogP contribution in [0.1, 0.15) is 17.3 Å². The summed E-state index contributed by atoms with van der Waals surface area (Å²) in [5.41, 5.74) is 1.01. The van der Waals surface area contributed by atoms with E-state index in [0.717, 1.165) is 16.7 Å². The van der Waals surface area contributed by atoms with Crippen molar-refractivity contribution < 1.29 is 9.90 Å². The minimum Gasteiger partial charge on any atom is -0.478 e. The van der Waals surface area contributed by atoms with Gasteiger partial charge in [0.1, 0.15) is 11.4 Å². The smallest absolute Gasteiger partial charge is 0.339 e. The number of carboxylic acid groups (broad SMARTS) is 1. The molecule has 1 aromatic carbocycles. The first-order chi connectivity index (χ1) is 9.11. The van der Waals surface area contributed by atoms with Crippen LogP contribution in [0.15, 0.2) is 30.3 Å². The van der Waals surface area contributed by atoms with Crippen LogP contribution in [-0.4, -0.2) is 34.1 Å². The number of thioether (sulfide) groups is 1. The summed E-state index contributed by atoms with van der Waals surface area (Å²) >= 11 is 1.71. The quantitative estimate of drug-likeness (QED) is 0.878. The van der Waals surface area contributed by atoms with Crippen LogP contribution in [0.3, 0.4) is 0 Å². The molecule has 0 bridgehead atoms. The molecule has 0 radical (unpaired) electrons. The van der Waals surface area contributed by atoms with Crippen LogP contribution in [-0.2, 0) is 0 Å². The Kier molecular flexibility index (Phi) is 4.27. The first-order valence-electron chi connectivity index (χ1n) is 6.00. The lowest BCUT2D eigenvalue weighted by Crippen LogP contribution is -2.20. The number of carbonyl (C=O) groups is 1. The molecule has 0 saturated heterocycles. The number of rotatable bonds is 5. The molecule has 0 amide bonds. The highest BCUT2D eigenvalue weighted by Gasteiger charge is 2.14. The third kappa shape index (κ3) is 3.17. The molecule has 5 heteroatoms. The van der Waals surface area contributed by atoms with Crippen molar-refractivity contribution in [2.75, 3.05) is 17.3 Å². The number of carboxylic acids is 1. The normalized spacial score (nSPS) is 12.3. The predicted octanol–water partition coefficient (Wildman–Crippen LogP) is 3.10. The van der Waals surface area contributed by atoms with Crippen molar-refractivity contribution in [2.45, 2.75) is 13.0 Å². The van der Waals surface area contributed by atoms with Crippen LogP contribution in [0.2, 0.25) is 0 Å². The molecule has 2 rings (SSSR count). The molecule has 0 saturated carbocycles. The lowest BCUT2D eigenvalue weighted by molar-refractivity contribution is 0.0698. The second-order valence-corrected chi connectivity index (χ2v) is 5.29. The number of hydrogen-bond donors (Lipinski definition) is 2. The summed E-state index contributed by atoms with van der Waals surface area (Å²) < 4.78 is 0. The van der Waals surface area contributed by atoms with Gasteiger partial charge in [0.15, 0.2) is 0 Å². The molecule has 0 aliphatic heterocycles. The number of aromatic nitrogens is 1. The van der Waals surface area contributed by atoms with Gasteiger partial charge in [-0.2, -0.15) is 11.8 Å². The summed E-state index contributed by atoms with van der Waals surface area (Å²) in [6, 6.07) is 9.35. The summed E-state index contributed by atoms with van der Waals surface area (Å²) in [4.78, 5) is 15.7. The minimum absolute atomic E-state index is 0.168. The average molecular weight is 276 g/mol. The van der Waals surface area contributed by atoms with Crippen LogP contribution in [0.4, 0.5) is 5.82 Å². The average Bonchev–Trinajstić information content (AvgIpc) is 2.38. The first kappa shape index (κ1) is 13.7. The molecule has 2 N–H and O–H groups in total. The number of nitrogens with zero attached hydrogens (tertiary/aromatic N) is 1. The van der Waals surface area contributed by atoms with E-state index < -0.39 is 5.97 Å². The van der Waals surface area contributed by atoms with Crippen molar-refractivity contribution in [2.24, 2.45) is 0 Å². The third-order valence-corrected chi connectivity index (χ3v) is 3.59. The van der Waals surface area contributed by atoms with Gasteiger partial charge < -0.3 is 10.4 Å². The number of hydrogen-bond acceptors (Lipinski definition) is 4. The standard InChI is InChI=1S/C14H16N2O2S/c1-9(8-19-2)15-13-11(14(17)18)7-10-5-3-4-6-12(10)16-13/h3-7,9H,8H2,1-2H3,(H,15,16)(H,17,18). The van der Waals surface area contributed by atoms with Crippen molar-refractivity contribution in [3.8, 4) is 0 Å². The number of para-hydroxylation sites is 1. The highest BCUT2D eigenvalue weighted by Crippen LogP contribution is 2.21. The van der Waals surface area contributed by atoms with E-state index in [1.54, 1.807) is 17.8 Å². The van der Waals surface area contributed by atoms with Crippen LogP contribution >= 0.6 is 11.8 Å². The van der Waals surface area contributed by atoms with Gasteiger partial charge in [0, 0.05) is 17.2 Å². The fourth-order valence-corrected chi connectivity index (χ4v) is 2.50. The van der Waals surface area contributed by atoms with Crippen LogP contribution in [0.25, 0.3) is 10.9 Å². The molecule has 0 aliphatic rings. The van der Waals surface area contributed by atoms with Crippen molar-refractivity contribution in [3.05, 3.63) is 35.9 Å². The topological polar surface area (TPSA) is 62.2 Å². The van der Waals surface area contributed by atoms with Crippen LogP contribution < -0.4 is 5.32 Å². The van der Waals surface area contributed by atoms with Gasteiger partial charge in [0.2, 0.25) is 0 Å². The molecular weight excluding hydrogens is 260 g/mol. The van der Waals surface area contributed by atoms with Gasteiger partial charge in [-0.1, -0.05) is 18.2 Å². The fourth-order valence-electron chi connectivity index (χ4n) is 1.91. The maximum atomic E-state index is 11.3. The molecule has 19 heavy (non-hydrogen) atoms. The number of aromatic carboxylic acids is 1. The van der Waals surface area contributed by atoms with Crippen molar-refractivity contribution in [1.29, 1.82) is 0 Å². The summed E-state index contributed by atoms with van der Waals surface area (Å²) in [6.45, 7) is 2.01. The predicted molar refractivity (Wildman–Crippen MR) is 80.2 cm³/mol. The molecule has 0 fully saturated rings. The number of benzene rings is 1. The molecule has 4 nitrogen and oxygen atoms in total. The third-order valence-electron chi connectivity index (χ3n) is 2.75. The number of nitrogens with one attached hydrogen (secondary N) is 1. The van der Waals surface area contributed by atoms with E-state index in [9.17, 15) is 9.90 Å². The number of fused-ring (bicyclic) bond motifs is 1. The van der Waals surface area contributed by atoms with Gasteiger partial charge in [-0.3, -0.25) is 0 Å². The molecule has 1 atom stereocenters. The van der Waals surface area contributed by atoms with E-state index in [1.807, 2.05) is 37.4 Å². The van der Waals surface area contributed by atoms with E-state index in [1.165, 1.54) is 0 Å². The Morgan fingerprint density at radius 3 is 2.89 bits per heavy atom. The van der Waals surface area contributed by atoms with Gasteiger partial charge in [-0.25, -0.2) is 9.78 Å². The number of pyridine rings is 1. The molecule has 0 aliphatic carbocycles. The Morgan fingerprint density at radius 1 is 1.47 bits per heavy atom. The molecular formula is C14H16N2O2S. The first-order valence-corrected chi connectivity index (χ1v) is 7.39. The molecule has 100 valence electrons. The van der Waals surface area contributed by atoms with E-state index in [0.29, 0.717) is 5.82 Å². The zero-order valence-corrected chi connectivity index (χ0v) is 11.7. The Hall–Kier alpha value is -1.75. The van der Waals surface area contributed by atoms with Crippen LogP contribution in [0, 0.1) is 0 Å². The molecule has 1 unspecified atom stereocenters. The minimum atomic E-state index is -0.961. The second-order valence-electron chi connectivity index (χ2n) is 4.38. The molecule has 2 aromatic rings. The molecule has 0 spiro atoms. The summed E-state index contributed by atoms with van der Waals surface area (Å²) in [7, 11) is 0. The van der Waals surface area contributed by atoms with Gasteiger partial charge in [-0.15, -0.1) is 0 Å². The maximum absolute atomic E-state index is 11.3. The van der Waals surface area contributed by atoms with Gasteiger partial charge >= 0.3 is 5.97 Å². The highest BCUT2D eigenvalue weighted by molar-refractivity contribution is 7.98. The Balaban J connectivity index is 2.44. The zero-order valence-electron chi connectivity index (χ0n) is 10.9. The van der Waals surface area contributed by atoms with Crippen LogP contribution in [0.5, 0.6) is 0 Å². The fraction of sp³-hybridized carbons (Fsp3) is 0.286. The van der Waals surface area contributed by atoms with E-state index in [-0.39, 0.29) is 11.6 Å². The largest absolute Gasteiger partial charge is 0.478 e. The monoisotopic (exact) mass is 276 g/mol. The highest BCUT2D eigenvalue weighted by atomic mass is 32.2. The summed E-state index contributed by atoms with van der Waals surface area (Å²) in [5, 5.41) is 13.3. The Bertz CT molecular complexity index is 601. The van der Waals surface area contributed by atoms with Crippen molar-refractivity contribution in [1.82, 2.24) is 4.98 Å². The van der Waals surface area contributed by atoms with Crippen molar-refractivity contribution in [3.63, 3.8) is 0 Å². The summed E-state index contributed by atoms with van der Waals surface area (Å²) in [5.74, 6) is 0.373. The van der Waals surface area contributed by atoms with E-state index in [4.69, 9.17) is 0 Å².